The van der Waals surface area contributed by atoms with Crippen LogP contribution in [-0.2, 0) is 0 Å². The fourth-order valence-corrected chi connectivity index (χ4v) is 5.91. The van der Waals surface area contributed by atoms with Crippen molar-refractivity contribution in [1.29, 1.82) is 0 Å². The summed E-state index contributed by atoms with van der Waals surface area (Å²) in [6.07, 6.45) is 26.4. The van der Waals surface area contributed by atoms with Gasteiger partial charge in [0.2, 0.25) is 0 Å². The van der Waals surface area contributed by atoms with Crippen molar-refractivity contribution in [3.63, 3.8) is 0 Å². The fourth-order valence-electron chi connectivity index (χ4n) is 5.91. The molecule has 0 bridgehead atoms. The van der Waals surface area contributed by atoms with Crippen LogP contribution in [0.3, 0.4) is 0 Å². The van der Waals surface area contributed by atoms with E-state index in [2.05, 4.69) is 31.7 Å². The van der Waals surface area contributed by atoms with Gasteiger partial charge in [-0.3, -0.25) is 0 Å². The summed E-state index contributed by atoms with van der Waals surface area (Å²) in [5.41, 5.74) is 0. The summed E-state index contributed by atoms with van der Waals surface area (Å²) in [7, 11) is 0. The molecule has 0 aromatic heterocycles. The molecule has 0 heterocycles. The van der Waals surface area contributed by atoms with Crippen molar-refractivity contribution in [2.24, 2.45) is 35.5 Å². The van der Waals surface area contributed by atoms with Gasteiger partial charge in [0.25, 0.3) is 0 Å². The largest absolute Gasteiger partial charge is 0.103 e. The van der Waals surface area contributed by atoms with Gasteiger partial charge in [-0.15, -0.1) is 6.58 Å². The molecule has 2 unspecified atom stereocenters. The van der Waals surface area contributed by atoms with E-state index in [0.717, 1.165) is 35.5 Å². The van der Waals surface area contributed by atoms with Gasteiger partial charge in [0.1, 0.15) is 0 Å². The fraction of sp³-hybridized carbons (Fsp3) is 0.833. The molecule has 0 amide bonds. The summed E-state index contributed by atoms with van der Waals surface area (Å²) >= 11 is 0. The zero-order chi connectivity index (χ0) is 16.8. The molecular formula is C24H40. The Labute approximate surface area is 151 Å². The van der Waals surface area contributed by atoms with Crippen LogP contribution >= 0.6 is 0 Å². The highest BCUT2D eigenvalue weighted by Gasteiger charge is 2.32. The lowest BCUT2D eigenvalue weighted by atomic mass is 9.74. The van der Waals surface area contributed by atoms with Crippen LogP contribution in [0, 0.1) is 35.5 Å². The molecule has 24 heavy (non-hydrogen) atoms. The molecule has 3 aliphatic rings. The molecule has 3 fully saturated rings. The van der Waals surface area contributed by atoms with E-state index in [9.17, 15) is 0 Å². The first kappa shape index (κ1) is 18.3. The van der Waals surface area contributed by atoms with E-state index in [0.29, 0.717) is 0 Å². The Hall–Kier alpha value is -0.520. The number of hydrogen-bond acceptors (Lipinski definition) is 0. The molecule has 0 nitrogen and oxygen atoms in total. The van der Waals surface area contributed by atoms with E-state index in [4.69, 9.17) is 0 Å². The molecular weight excluding hydrogens is 288 g/mol. The minimum atomic E-state index is 0.799. The zero-order valence-corrected chi connectivity index (χ0v) is 16.1. The maximum atomic E-state index is 3.97. The van der Waals surface area contributed by atoms with Gasteiger partial charge in [0, 0.05) is 0 Å². The molecule has 0 heteroatoms. The van der Waals surface area contributed by atoms with Crippen LogP contribution in [0.4, 0.5) is 0 Å². The van der Waals surface area contributed by atoms with Crippen molar-refractivity contribution in [3.05, 3.63) is 24.8 Å². The van der Waals surface area contributed by atoms with Gasteiger partial charge in [0.05, 0.1) is 0 Å². The monoisotopic (exact) mass is 328 g/mol. The third-order valence-electron chi connectivity index (χ3n) is 7.57. The number of rotatable bonds is 6. The maximum absolute atomic E-state index is 3.97. The quantitative estimate of drug-likeness (QED) is 0.441. The second kappa shape index (κ2) is 9.25. The summed E-state index contributed by atoms with van der Waals surface area (Å²) in [4.78, 5) is 0. The Morgan fingerprint density at radius 1 is 0.708 bits per heavy atom. The molecule has 0 N–H and O–H groups in total. The Kier molecular flexibility index (Phi) is 7.05. The van der Waals surface area contributed by atoms with Crippen LogP contribution in [0.25, 0.3) is 0 Å². The molecule has 0 aliphatic heterocycles. The molecule has 0 saturated heterocycles. The minimum absolute atomic E-state index is 0.799. The Balaban J connectivity index is 1.36. The van der Waals surface area contributed by atoms with E-state index in [1.54, 1.807) is 12.8 Å². The van der Waals surface area contributed by atoms with Crippen LogP contribution in [0.5, 0.6) is 0 Å². The molecule has 3 rings (SSSR count). The number of allylic oxidation sites excluding steroid dienone is 3. The van der Waals surface area contributed by atoms with E-state index >= 15 is 0 Å². The highest BCUT2D eigenvalue weighted by Crippen LogP contribution is 2.44. The van der Waals surface area contributed by atoms with Crippen molar-refractivity contribution in [3.8, 4) is 0 Å². The highest BCUT2D eigenvalue weighted by molar-refractivity contribution is 4.98. The third kappa shape index (κ3) is 4.99. The zero-order valence-electron chi connectivity index (χ0n) is 16.1. The van der Waals surface area contributed by atoms with Gasteiger partial charge < -0.3 is 0 Å². The third-order valence-corrected chi connectivity index (χ3v) is 7.57. The summed E-state index contributed by atoms with van der Waals surface area (Å²) in [5.74, 6) is 5.78. The highest BCUT2D eigenvalue weighted by atomic mass is 14.4. The van der Waals surface area contributed by atoms with Gasteiger partial charge in [-0.1, -0.05) is 44.4 Å². The summed E-state index contributed by atoms with van der Waals surface area (Å²) in [6.45, 7) is 6.32. The van der Waals surface area contributed by atoms with Crippen LogP contribution < -0.4 is 0 Å². The summed E-state index contributed by atoms with van der Waals surface area (Å²) in [5, 5.41) is 0. The van der Waals surface area contributed by atoms with Crippen molar-refractivity contribution < 1.29 is 0 Å². The standard InChI is InChI=1S/C24H40/c1-3-5-22-14-17-24(18-22)23-15-12-21(13-16-23)11-10-20-8-6-19(4-2)7-9-20/h4,10-11,19-24H,2-3,5-9,12-18H2,1H3. The van der Waals surface area contributed by atoms with E-state index in [1.807, 2.05) is 0 Å². The van der Waals surface area contributed by atoms with Crippen molar-refractivity contribution in [1.82, 2.24) is 0 Å². The Bertz CT molecular complexity index is 390. The van der Waals surface area contributed by atoms with Crippen molar-refractivity contribution >= 4 is 0 Å². The van der Waals surface area contributed by atoms with Gasteiger partial charge >= 0.3 is 0 Å². The Morgan fingerprint density at radius 3 is 1.83 bits per heavy atom. The van der Waals surface area contributed by atoms with Crippen molar-refractivity contribution in [2.75, 3.05) is 0 Å². The molecule has 0 spiro atoms. The van der Waals surface area contributed by atoms with Gasteiger partial charge in [0.15, 0.2) is 0 Å². The van der Waals surface area contributed by atoms with E-state index in [1.165, 1.54) is 70.6 Å². The molecule has 0 aromatic rings. The first-order valence-electron chi connectivity index (χ1n) is 11.1. The predicted octanol–water partition coefficient (Wildman–Crippen LogP) is 7.56. The Morgan fingerprint density at radius 2 is 1.25 bits per heavy atom. The van der Waals surface area contributed by atoms with Crippen molar-refractivity contribution in [2.45, 2.75) is 90.4 Å². The van der Waals surface area contributed by atoms with E-state index < -0.39 is 0 Å². The summed E-state index contributed by atoms with van der Waals surface area (Å²) in [6, 6.07) is 0. The average Bonchev–Trinajstić information content (AvgIpc) is 3.10. The van der Waals surface area contributed by atoms with Gasteiger partial charge in [-0.2, -0.15) is 0 Å². The average molecular weight is 329 g/mol. The molecule has 2 atom stereocenters. The minimum Gasteiger partial charge on any atom is -0.103 e. The van der Waals surface area contributed by atoms with E-state index in [-0.39, 0.29) is 0 Å². The topological polar surface area (TPSA) is 0 Å². The smallest absolute Gasteiger partial charge is 0.0233 e. The normalized spacial score (nSPS) is 40.9. The van der Waals surface area contributed by atoms with Crippen LogP contribution in [-0.4, -0.2) is 0 Å². The lowest BCUT2D eigenvalue weighted by Crippen LogP contribution is -2.20. The first-order chi connectivity index (χ1) is 11.8. The van der Waals surface area contributed by atoms with Gasteiger partial charge in [-0.25, -0.2) is 0 Å². The predicted molar refractivity (Wildman–Crippen MR) is 106 cm³/mol. The lowest BCUT2D eigenvalue weighted by Gasteiger charge is -2.31. The second-order valence-electron chi connectivity index (χ2n) is 9.20. The first-order valence-corrected chi connectivity index (χ1v) is 11.1. The summed E-state index contributed by atoms with van der Waals surface area (Å²) < 4.78 is 0. The molecule has 3 aliphatic carbocycles. The molecule has 136 valence electrons. The van der Waals surface area contributed by atoms with Crippen LogP contribution in [0.15, 0.2) is 24.8 Å². The SMILES string of the molecule is C=CC1CCC(C=CC2CCC(C3CCC(CCC)C3)CC2)CC1. The second-order valence-corrected chi connectivity index (χ2v) is 9.20. The van der Waals surface area contributed by atoms with Crippen LogP contribution in [0.1, 0.15) is 90.4 Å². The maximum Gasteiger partial charge on any atom is -0.0233 e. The molecule has 0 radical (unpaired) electrons. The number of hydrogen-bond donors (Lipinski definition) is 0. The molecule has 0 aromatic carbocycles. The molecule has 3 saturated carbocycles. The van der Waals surface area contributed by atoms with Crippen LogP contribution in [0.2, 0.25) is 0 Å². The van der Waals surface area contributed by atoms with Gasteiger partial charge in [-0.05, 0) is 99.7 Å². The lowest BCUT2D eigenvalue weighted by molar-refractivity contribution is 0.220.